The molecule has 0 fully saturated rings. The van der Waals surface area contributed by atoms with Crippen LogP contribution in [0.3, 0.4) is 0 Å². The smallest absolute Gasteiger partial charge is 0.408 e. The minimum Gasteiger partial charge on any atom is -0.497 e. The van der Waals surface area contributed by atoms with E-state index in [-0.39, 0.29) is 27.2 Å². The Hall–Kier alpha value is -4.84. The molecule has 1 aromatic heterocycles. The number of nitrogens with zero attached hydrogens (tertiary/aromatic N) is 1. The van der Waals surface area contributed by atoms with Crippen LogP contribution < -0.4 is 20.7 Å². The van der Waals surface area contributed by atoms with E-state index >= 15 is 0 Å². The van der Waals surface area contributed by atoms with Crippen LogP contribution in [0.25, 0.3) is 0 Å². The van der Waals surface area contributed by atoms with Gasteiger partial charge in [-0.3, -0.25) is 9.59 Å². The summed E-state index contributed by atoms with van der Waals surface area (Å²) in [6.07, 6.45) is 2.47. The molecule has 0 spiro atoms. The molecule has 1 unspecified atom stereocenters. The lowest BCUT2D eigenvalue weighted by atomic mass is 10.0. The molecule has 256 valence electrons. The van der Waals surface area contributed by atoms with Gasteiger partial charge < -0.3 is 39.5 Å². The molecule has 0 aliphatic carbocycles. The average molecular weight is 653 g/mol. The molecule has 12 nitrogen and oxygen atoms in total. The second kappa shape index (κ2) is 17.2. The van der Waals surface area contributed by atoms with Crippen molar-refractivity contribution in [1.82, 2.24) is 15.2 Å². The normalized spacial score (nSPS) is 12.5. The monoisotopic (exact) mass is 652 g/mol. The Balaban J connectivity index is 0.00000768. The lowest BCUT2D eigenvalue weighted by molar-refractivity contribution is -0.145. The Labute approximate surface area is 277 Å². The number of aromatic nitrogens is 1. The molecule has 0 aliphatic heterocycles. The number of ether oxygens (including phenoxy) is 4. The third-order valence-corrected chi connectivity index (χ3v) is 6.62. The number of carbonyl (C=O) groups is 4. The van der Waals surface area contributed by atoms with Crippen molar-refractivity contribution < 1.29 is 38.1 Å². The van der Waals surface area contributed by atoms with E-state index in [0.29, 0.717) is 17.0 Å². The highest BCUT2D eigenvalue weighted by Crippen LogP contribution is 2.25. The molecule has 0 saturated carbocycles. The molecule has 3 rings (SSSR count). The number of alkyl carbamates (subject to hydrolysis) is 1. The summed E-state index contributed by atoms with van der Waals surface area (Å²) in [6.45, 7) is 10.1. The fraction of sp³-hybridized carbons (Fsp3) is 0.429. The molecule has 2 atom stereocenters. The Morgan fingerprint density at radius 1 is 0.915 bits per heavy atom. The fourth-order valence-electron chi connectivity index (χ4n) is 4.32. The number of methoxy groups -OCH3 is 1. The van der Waals surface area contributed by atoms with Gasteiger partial charge in [0.05, 0.1) is 32.6 Å². The number of esters is 1. The SMILES string of the molecule is C.CCOC(=O)C(c1ccc(OC)cc1)n1ccc(NC(=O)[C@@H](COCc2ccccc2)NC(=O)C(C)(C)NC(=O)OC(C)(C)C)c1. The Bertz CT molecular complexity index is 1460. The molecule has 0 saturated heterocycles. The molecular formula is C35H48N4O8. The van der Waals surface area contributed by atoms with Gasteiger partial charge in [-0.15, -0.1) is 0 Å². The van der Waals surface area contributed by atoms with Gasteiger partial charge in [0.2, 0.25) is 11.8 Å². The lowest BCUT2D eigenvalue weighted by Gasteiger charge is -2.29. The number of carbonyl (C=O) groups excluding carboxylic acids is 4. The van der Waals surface area contributed by atoms with Gasteiger partial charge in [-0.05, 0) is 70.9 Å². The minimum absolute atomic E-state index is 0. The highest BCUT2D eigenvalue weighted by Gasteiger charge is 2.35. The number of anilines is 1. The van der Waals surface area contributed by atoms with Crippen LogP contribution in [-0.2, 0) is 35.2 Å². The van der Waals surface area contributed by atoms with Crippen molar-refractivity contribution in [1.29, 1.82) is 0 Å². The molecule has 2 aromatic carbocycles. The summed E-state index contributed by atoms with van der Waals surface area (Å²) in [6, 6.07) is 16.1. The van der Waals surface area contributed by atoms with Gasteiger partial charge >= 0.3 is 12.1 Å². The third-order valence-electron chi connectivity index (χ3n) is 6.62. The van der Waals surface area contributed by atoms with E-state index in [2.05, 4.69) is 16.0 Å². The summed E-state index contributed by atoms with van der Waals surface area (Å²) in [5.41, 5.74) is -0.261. The summed E-state index contributed by atoms with van der Waals surface area (Å²) >= 11 is 0. The van der Waals surface area contributed by atoms with E-state index in [1.807, 2.05) is 30.3 Å². The van der Waals surface area contributed by atoms with Crippen LogP contribution in [-0.4, -0.2) is 65.9 Å². The molecule has 3 N–H and O–H groups in total. The second-order valence-corrected chi connectivity index (χ2v) is 12.0. The van der Waals surface area contributed by atoms with Crippen molar-refractivity contribution in [3.05, 3.63) is 84.2 Å². The summed E-state index contributed by atoms with van der Waals surface area (Å²) < 4.78 is 23.3. The van der Waals surface area contributed by atoms with Crippen molar-refractivity contribution in [3.63, 3.8) is 0 Å². The first kappa shape index (κ1) is 38.3. The summed E-state index contributed by atoms with van der Waals surface area (Å²) in [5, 5.41) is 8.04. The standard InChI is InChI=1S/C34H44N4O8.CH4/c1-8-45-30(40)28(24-14-16-26(43-7)17-15-24)38-19-18-25(20-38)35-29(39)27(22-44-21-23-12-10-9-11-13-23)36-31(41)34(5,6)37-32(42)46-33(2,3)4;/h9-20,27-28H,8,21-22H2,1-7H3,(H,35,39)(H,36,41)(H,37,42);1H4/t27-,28?;/m1./s1. The van der Waals surface area contributed by atoms with Crippen LogP contribution in [0.5, 0.6) is 5.75 Å². The maximum absolute atomic E-state index is 13.6. The van der Waals surface area contributed by atoms with Crippen molar-refractivity contribution >= 4 is 29.6 Å². The summed E-state index contributed by atoms with van der Waals surface area (Å²) in [5.74, 6) is -1.02. The zero-order valence-electron chi connectivity index (χ0n) is 27.4. The van der Waals surface area contributed by atoms with E-state index in [1.54, 1.807) is 82.1 Å². The van der Waals surface area contributed by atoms with Crippen LogP contribution in [0.15, 0.2) is 73.1 Å². The number of amides is 3. The molecule has 0 radical (unpaired) electrons. The minimum atomic E-state index is -1.42. The maximum Gasteiger partial charge on any atom is 0.408 e. The molecule has 0 aliphatic rings. The van der Waals surface area contributed by atoms with Crippen molar-refractivity contribution in [2.24, 2.45) is 0 Å². The quantitative estimate of drug-likeness (QED) is 0.201. The average Bonchev–Trinajstić information content (AvgIpc) is 3.43. The Kier molecular flexibility index (Phi) is 14.0. The van der Waals surface area contributed by atoms with Gasteiger partial charge in [0.1, 0.15) is 22.9 Å². The number of rotatable bonds is 14. The zero-order chi connectivity index (χ0) is 33.9. The van der Waals surface area contributed by atoms with Gasteiger partial charge in [-0.2, -0.15) is 0 Å². The van der Waals surface area contributed by atoms with E-state index in [0.717, 1.165) is 5.56 Å². The molecule has 47 heavy (non-hydrogen) atoms. The molecule has 1 heterocycles. The second-order valence-electron chi connectivity index (χ2n) is 12.0. The van der Waals surface area contributed by atoms with E-state index in [4.69, 9.17) is 18.9 Å². The highest BCUT2D eigenvalue weighted by molar-refractivity contribution is 5.99. The first-order chi connectivity index (χ1) is 21.7. The van der Waals surface area contributed by atoms with Gasteiger partial charge in [0.25, 0.3) is 0 Å². The lowest BCUT2D eigenvalue weighted by Crippen LogP contribution is -2.59. The van der Waals surface area contributed by atoms with E-state index in [1.165, 1.54) is 13.8 Å². The van der Waals surface area contributed by atoms with Crippen LogP contribution in [0.1, 0.15) is 66.1 Å². The molecule has 3 aromatic rings. The maximum atomic E-state index is 13.6. The third kappa shape index (κ3) is 11.8. The van der Waals surface area contributed by atoms with Gasteiger partial charge in [0, 0.05) is 12.4 Å². The van der Waals surface area contributed by atoms with Crippen molar-refractivity contribution in [3.8, 4) is 5.75 Å². The molecule has 3 amide bonds. The Morgan fingerprint density at radius 3 is 2.17 bits per heavy atom. The van der Waals surface area contributed by atoms with Gasteiger partial charge in [-0.1, -0.05) is 49.9 Å². The molecule has 12 heteroatoms. The first-order valence-electron chi connectivity index (χ1n) is 14.9. The first-order valence-corrected chi connectivity index (χ1v) is 14.9. The Morgan fingerprint density at radius 2 is 1.57 bits per heavy atom. The zero-order valence-corrected chi connectivity index (χ0v) is 27.4. The summed E-state index contributed by atoms with van der Waals surface area (Å²) in [7, 11) is 1.56. The molecule has 0 bridgehead atoms. The summed E-state index contributed by atoms with van der Waals surface area (Å²) in [4.78, 5) is 52.2. The van der Waals surface area contributed by atoms with E-state index in [9.17, 15) is 19.2 Å². The van der Waals surface area contributed by atoms with Crippen LogP contribution in [0.2, 0.25) is 0 Å². The number of benzene rings is 2. The fourth-order valence-corrected chi connectivity index (χ4v) is 4.32. The van der Waals surface area contributed by atoms with Crippen molar-refractivity contribution in [2.75, 3.05) is 25.6 Å². The van der Waals surface area contributed by atoms with Gasteiger partial charge in [-0.25, -0.2) is 9.59 Å². The van der Waals surface area contributed by atoms with E-state index < -0.39 is 47.1 Å². The van der Waals surface area contributed by atoms with Crippen molar-refractivity contribution in [2.45, 2.75) is 78.8 Å². The number of nitrogens with one attached hydrogen (secondary N) is 3. The predicted octanol–water partition coefficient (Wildman–Crippen LogP) is 5.23. The van der Waals surface area contributed by atoms with Crippen LogP contribution >= 0.6 is 0 Å². The van der Waals surface area contributed by atoms with Crippen LogP contribution in [0, 0.1) is 0 Å². The largest absolute Gasteiger partial charge is 0.497 e. The molecular weight excluding hydrogens is 604 g/mol. The number of hydrogen-bond donors (Lipinski definition) is 3. The topological polar surface area (TPSA) is 146 Å². The predicted molar refractivity (Wildman–Crippen MR) is 179 cm³/mol. The number of hydrogen-bond acceptors (Lipinski definition) is 8. The van der Waals surface area contributed by atoms with Crippen LogP contribution in [0.4, 0.5) is 10.5 Å². The highest BCUT2D eigenvalue weighted by atomic mass is 16.6. The van der Waals surface area contributed by atoms with Gasteiger partial charge in [0.15, 0.2) is 6.04 Å².